The summed E-state index contributed by atoms with van der Waals surface area (Å²) in [6.07, 6.45) is 5.93. The Morgan fingerprint density at radius 3 is 2.64 bits per heavy atom. The minimum absolute atomic E-state index is 0.0634. The number of nitrogens with one attached hydrogen (secondary N) is 1. The standard InChI is InChI=1S/C30H26Cl2F2N8O2/c1-16-4-3-5-19(22-12-17(10-11-35-22)27-23(37-28(16)43)14-36-42(27)30(33)34)20-7-9-24(40(2)29(20)44)21-13-18(31)6-8-25(21)41-15-26(32)38-39-41/h6-16,19,30H,3-5H2,1-2H3,(H,37,43)/t16-,19-/m1/s1. The SMILES string of the molecule is C[C@@H]1CCC[C@H](c2ccc(-c3cc(Cl)ccc3-n3cc(Cl)nn3)n(C)c2=O)c2cc(ccn2)-c2c(cnn2C(F)F)NC1=O. The van der Waals surface area contributed by atoms with Crippen LogP contribution in [0.1, 0.15) is 49.9 Å². The zero-order valence-corrected chi connectivity index (χ0v) is 25.1. The first kappa shape index (κ1) is 29.6. The van der Waals surface area contributed by atoms with Gasteiger partial charge in [0.15, 0.2) is 5.15 Å². The number of benzene rings is 1. The number of halogens is 4. The Bertz CT molecular complexity index is 1940. The Balaban J connectivity index is 1.48. The lowest BCUT2D eigenvalue weighted by atomic mass is 9.87. The molecule has 1 amide bonds. The largest absolute Gasteiger partial charge is 0.333 e. The second kappa shape index (κ2) is 11.9. The molecule has 0 saturated heterocycles. The molecular formula is C30H26Cl2F2N8O2. The van der Waals surface area contributed by atoms with Gasteiger partial charge in [0.05, 0.1) is 35.2 Å². The van der Waals surface area contributed by atoms with Crippen molar-refractivity contribution in [3.8, 4) is 28.2 Å². The molecule has 14 heteroatoms. The van der Waals surface area contributed by atoms with Crippen LogP contribution in [0.15, 0.2) is 65.8 Å². The summed E-state index contributed by atoms with van der Waals surface area (Å²) >= 11 is 12.4. The first-order valence-corrected chi connectivity index (χ1v) is 14.6. The lowest BCUT2D eigenvalue weighted by Crippen LogP contribution is -2.26. The smallest absolute Gasteiger partial charge is 0.323 e. The quantitative estimate of drug-likeness (QED) is 0.241. The van der Waals surface area contributed by atoms with Crippen LogP contribution in [0.3, 0.4) is 0 Å². The maximum Gasteiger partial charge on any atom is 0.333 e. The van der Waals surface area contributed by atoms with E-state index >= 15 is 0 Å². The van der Waals surface area contributed by atoms with Crippen molar-refractivity contribution in [2.45, 2.75) is 38.7 Å². The van der Waals surface area contributed by atoms with Gasteiger partial charge in [0, 0.05) is 52.5 Å². The number of carbonyl (C=O) groups is 1. The average Bonchev–Trinajstić information content (AvgIpc) is 3.63. The number of nitrogens with zero attached hydrogens (tertiary/aromatic N) is 7. The Hall–Kier alpha value is -4.42. The molecule has 5 aromatic rings. The predicted molar refractivity (Wildman–Crippen MR) is 162 cm³/mol. The van der Waals surface area contributed by atoms with Crippen molar-refractivity contribution in [2.75, 3.05) is 5.32 Å². The van der Waals surface area contributed by atoms with E-state index in [2.05, 4.69) is 25.7 Å². The second-order valence-electron chi connectivity index (χ2n) is 10.7. The maximum atomic E-state index is 14.1. The maximum absolute atomic E-state index is 14.1. The van der Waals surface area contributed by atoms with E-state index in [1.165, 1.54) is 21.6 Å². The summed E-state index contributed by atoms with van der Waals surface area (Å²) in [5, 5.41) is 15.2. The summed E-state index contributed by atoms with van der Waals surface area (Å²) in [5.74, 6) is -1.17. The van der Waals surface area contributed by atoms with Crippen molar-refractivity contribution in [1.82, 2.24) is 34.3 Å². The third kappa shape index (κ3) is 5.50. The highest BCUT2D eigenvalue weighted by Crippen LogP contribution is 2.37. The number of aromatic nitrogens is 7. The third-order valence-electron chi connectivity index (χ3n) is 7.88. The number of rotatable bonds is 4. The van der Waals surface area contributed by atoms with Gasteiger partial charge < -0.3 is 9.88 Å². The number of carbonyl (C=O) groups excluding carboxylic acids is 1. The summed E-state index contributed by atoms with van der Waals surface area (Å²) in [5.41, 5.74) is 3.23. The molecule has 0 fully saturated rings. The van der Waals surface area contributed by atoms with Crippen molar-refractivity contribution in [2.24, 2.45) is 13.0 Å². The molecule has 6 rings (SSSR count). The molecule has 0 saturated carbocycles. The van der Waals surface area contributed by atoms with Gasteiger partial charge in [-0.2, -0.15) is 13.9 Å². The molecule has 2 atom stereocenters. The molecule has 0 aliphatic carbocycles. The van der Waals surface area contributed by atoms with Gasteiger partial charge in [-0.05, 0) is 49.2 Å². The van der Waals surface area contributed by atoms with Crippen LogP contribution >= 0.6 is 23.2 Å². The highest BCUT2D eigenvalue weighted by molar-refractivity contribution is 6.31. The lowest BCUT2D eigenvalue weighted by molar-refractivity contribution is -0.119. The topological polar surface area (TPSA) is 113 Å². The molecule has 0 spiro atoms. The third-order valence-corrected chi connectivity index (χ3v) is 8.29. The van der Waals surface area contributed by atoms with Crippen molar-refractivity contribution >= 4 is 34.8 Å². The Labute approximate surface area is 260 Å². The predicted octanol–water partition coefficient (Wildman–Crippen LogP) is 6.48. The van der Waals surface area contributed by atoms with Crippen LogP contribution in [0, 0.1) is 5.92 Å². The zero-order valence-electron chi connectivity index (χ0n) is 23.6. The minimum atomic E-state index is -2.93. The molecule has 4 aromatic heterocycles. The molecule has 1 aromatic carbocycles. The van der Waals surface area contributed by atoms with E-state index in [9.17, 15) is 18.4 Å². The number of pyridine rings is 2. The fraction of sp³-hybridized carbons (Fsp3) is 0.267. The fourth-order valence-electron chi connectivity index (χ4n) is 5.62. The molecule has 5 heterocycles. The molecular weight excluding hydrogens is 613 g/mol. The van der Waals surface area contributed by atoms with E-state index in [1.807, 2.05) is 6.07 Å². The minimum Gasteiger partial charge on any atom is -0.323 e. The van der Waals surface area contributed by atoms with Crippen LogP contribution < -0.4 is 10.9 Å². The van der Waals surface area contributed by atoms with E-state index in [4.69, 9.17) is 23.2 Å². The molecule has 10 nitrogen and oxygen atoms in total. The molecule has 0 radical (unpaired) electrons. The summed E-state index contributed by atoms with van der Waals surface area (Å²) in [6.45, 7) is -1.15. The first-order chi connectivity index (χ1) is 21.1. The van der Waals surface area contributed by atoms with Gasteiger partial charge in [-0.1, -0.05) is 47.8 Å². The van der Waals surface area contributed by atoms with Crippen LogP contribution in [0.4, 0.5) is 14.5 Å². The fourth-order valence-corrected chi connectivity index (χ4v) is 5.92. The lowest BCUT2D eigenvalue weighted by Gasteiger charge is -2.22. The summed E-state index contributed by atoms with van der Waals surface area (Å²) in [6, 6.07) is 12.0. The first-order valence-electron chi connectivity index (χ1n) is 13.8. The molecule has 0 unspecified atom stereocenters. The molecule has 1 aliphatic heterocycles. The summed E-state index contributed by atoms with van der Waals surface area (Å²) in [4.78, 5) is 31.6. The zero-order chi connectivity index (χ0) is 31.1. The monoisotopic (exact) mass is 638 g/mol. The highest BCUT2D eigenvalue weighted by atomic mass is 35.5. The average molecular weight is 639 g/mol. The van der Waals surface area contributed by atoms with Gasteiger partial charge in [-0.25, -0.2) is 9.36 Å². The Morgan fingerprint density at radius 2 is 1.89 bits per heavy atom. The number of fused-ring (bicyclic) bond motifs is 4. The Morgan fingerprint density at radius 1 is 1.07 bits per heavy atom. The number of hydrogen-bond donors (Lipinski definition) is 1. The number of amides is 1. The van der Waals surface area contributed by atoms with Crippen molar-refractivity contribution in [3.63, 3.8) is 0 Å². The molecule has 1 N–H and O–H groups in total. The van der Waals surface area contributed by atoms with Gasteiger partial charge in [-0.15, -0.1) is 5.10 Å². The summed E-state index contributed by atoms with van der Waals surface area (Å²) < 4.78 is 31.5. The molecule has 2 bridgehead atoms. The van der Waals surface area contributed by atoms with Crippen molar-refractivity contribution in [3.05, 3.63) is 92.8 Å². The van der Waals surface area contributed by atoms with Gasteiger partial charge in [0.25, 0.3) is 5.56 Å². The second-order valence-corrected chi connectivity index (χ2v) is 11.5. The van der Waals surface area contributed by atoms with Crippen molar-refractivity contribution < 1.29 is 13.6 Å². The molecule has 1 aliphatic rings. The molecule has 44 heavy (non-hydrogen) atoms. The van der Waals surface area contributed by atoms with Crippen LogP contribution in [-0.4, -0.2) is 40.2 Å². The van der Waals surface area contributed by atoms with Gasteiger partial charge in [0.1, 0.15) is 0 Å². The van der Waals surface area contributed by atoms with E-state index < -0.39 is 18.4 Å². The van der Waals surface area contributed by atoms with Crippen LogP contribution in [0.2, 0.25) is 10.2 Å². The Kier molecular flexibility index (Phi) is 8.04. The van der Waals surface area contributed by atoms with E-state index in [0.29, 0.717) is 62.7 Å². The van der Waals surface area contributed by atoms with E-state index in [-0.39, 0.29) is 28.0 Å². The number of alkyl halides is 2. The number of hydrogen-bond acceptors (Lipinski definition) is 6. The van der Waals surface area contributed by atoms with Crippen LogP contribution in [0.5, 0.6) is 0 Å². The summed E-state index contributed by atoms with van der Waals surface area (Å²) in [7, 11) is 1.67. The van der Waals surface area contributed by atoms with Crippen molar-refractivity contribution in [1.29, 1.82) is 0 Å². The van der Waals surface area contributed by atoms with E-state index in [1.54, 1.807) is 56.6 Å². The number of anilines is 1. The molecule has 226 valence electrons. The van der Waals surface area contributed by atoms with Gasteiger partial charge in [0.2, 0.25) is 5.91 Å². The van der Waals surface area contributed by atoms with E-state index in [0.717, 1.165) is 0 Å². The van der Waals surface area contributed by atoms with Crippen LogP contribution in [-0.2, 0) is 11.8 Å². The van der Waals surface area contributed by atoms with Gasteiger partial charge >= 0.3 is 6.55 Å². The normalized spacial score (nSPS) is 17.1. The van der Waals surface area contributed by atoms with Crippen LogP contribution in [0.25, 0.3) is 28.2 Å². The van der Waals surface area contributed by atoms with Gasteiger partial charge in [-0.3, -0.25) is 14.6 Å². The highest BCUT2D eigenvalue weighted by Gasteiger charge is 2.27.